The smallest absolute Gasteiger partial charge is 0.231 e. The maximum Gasteiger partial charge on any atom is 0.231 e. The van der Waals surface area contributed by atoms with E-state index in [2.05, 4.69) is 35.6 Å². The van der Waals surface area contributed by atoms with Gasteiger partial charge in [0.25, 0.3) is 0 Å². The van der Waals surface area contributed by atoms with Crippen LogP contribution in [0.15, 0.2) is 66.7 Å². The van der Waals surface area contributed by atoms with Gasteiger partial charge in [-0.2, -0.15) is 0 Å². The molecule has 3 aromatic rings. The number of hydrogen-bond acceptors (Lipinski definition) is 4. The molecule has 144 valence electrons. The molecule has 0 bridgehead atoms. The molecule has 0 saturated heterocycles. The number of methoxy groups -OCH3 is 1. The lowest BCUT2D eigenvalue weighted by Crippen LogP contribution is -2.80. The average Bonchev–Trinajstić information content (AvgIpc) is 3.21. The van der Waals surface area contributed by atoms with E-state index in [1.807, 2.05) is 36.4 Å². The number of quaternary nitrogens is 1. The lowest BCUT2D eigenvalue weighted by molar-refractivity contribution is -0.686. The largest absolute Gasteiger partial charge is 0.493 e. The molecule has 0 atom stereocenters. The van der Waals surface area contributed by atoms with E-state index in [9.17, 15) is 0 Å². The van der Waals surface area contributed by atoms with Crippen LogP contribution in [-0.2, 0) is 19.7 Å². The number of rotatable bonds is 8. The number of benzene rings is 3. The van der Waals surface area contributed by atoms with Gasteiger partial charge in [-0.05, 0) is 42.0 Å². The second-order valence-electron chi connectivity index (χ2n) is 6.64. The first-order valence-corrected chi connectivity index (χ1v) is 9.35. The Morgan fingerprint density at radius 3 is 2.36 bits per heavy atom. The third-order valence-corrected chi connectivity index (χ3v) is 4.66. The molecule has 5 heteroatoms. The van der Waals surface area contributed by atoms with Crippen molar-refractivity contribution >= 4 is 0 Å². The van der Waals surface area contributed by atoms with Gasteiger partial charge in [0.15, 0.2) is 23.0 Å². The van der Waals surface area contributed by atoms with E-state index in [0.717, 1.165) is 41.7 Å². The van der Waals surface area contributed by atoms with Crippen molar-refractivity contribution in [3.05, 3.63) is 83.4 Å². The SMILES string of the molecule is COc1ccc(C[NH2+]Cc2ccc3c(c2)OCO3)cc1OCc1ccccc1. The summed E-state index contributed by atoms with van der Waals surface area (Å²) >= 11 is 0. The van der Waals surface area contributed by atoms with Crippen molar-refractivity contribution in [2.75, 3.05) is 13.9 Å². The van der Waals surface area contributed by atoms with Crippen molar-refractivity contribution < 1.29 is 24.3 Å². The first kappa shape index (κ1) is 18.2. The number of hydrogen-bond donors (Lipinski definition) is 1. The summed E-state index contributed by atoms with van der Waals surface area (Å²) < 4.78 is 22.2. The lowest BCUT2D eigenvalue weighted by Gasteiger charge is -2.12. The van der Waals surface area contributed by atoms with Crippen molar-refractivity contribution in [3.8, 4) is 23.0 Å². The van der Waals surface area contributed by atoms with E-state index in [4.69, 9.17) is 18.9 Å². The third kappa shape index (κ3) is 4.38. The summed E-state index contributed by atoms with van der Waals surface area (Å²) in [6.07, 6.45) is 0. The van der Waals surface area contributed by atoms with Crippen molar-refractivity contribution in [1.29, 1.82) is 0 Å². The Balaban J connectivity index is 1.36. The normalized spacial score (nSPS) is 12.0. The van der Waals surface area contributed by atoms with Crippen molar-refractivity contribution in [2.24, 2.45) is 0 Å². The summed E-state index contributed by atoms with van der Waals surface area (Å²) in [5.74, 6) is 3.15. The van der Waals surface area contributed by atoms with Crippen LogP contribution in [0.1, 0.15) is 16.7 Å². The molecule has 0 unspecified atom stereocenters. The van der Waals surface area contributed by atoms with E-state index >= 15 is 0 Å². The van der Waals surface area contributed by atoms with Gasteiger partial charge in [0, 0.05) is 11.1 Å². The van der Waals surface area contributed by atoms with E-state index in [1.54, 1.807) is 7.11 Å². The monoisotopic (exact) mass is 378 g/mol. The summed E-state index contributed by atoms with van der Waals surface area (Å²) in [4.78, 5) is 0. The summed E-state index contributed by atoms with van der Waals surface area (Å²) in [6.45, 7) is 2.53. The summed E-state index contributed by atoms with van der Waals surface area (Å²) in [5, 5.41) is 2.25. The zero-order valence-electron chi connectivity index (χ0n) is 15.9. The van der Waals surface area contributed by atoms with Crippen molar-refractivity contribution in [1.82, 2.24) is 0 Å². The Morgan fingerprint density at radius 1 is 0.786 bits per heavy atom. The van der Waals surface area contributed by atoms with Crippen LogP contribution in [0.5, 0.6) is 23.0 Å². The molecular formula is C23H24NO4+. The first-order chi connectivity index (χ1) is 13.8. The van der Waals surface area contributed by atoms with Gasteiger partial charge in [0.05, 0.1) is 7.11 Å². The highest BCUT2D eigenvalue weighted by Crippen LogP contribution is 2.32. The molecule has 0 fully saturated rings. The predicted octanol–water partition coefficient (Wildman–Crippen LogP) is 3.27. The van der Waals surface area contributed by atoms with E-state index in [-0.39, 0.29) is 0 Å². The maximum atomic E-state index is 6.00. The number of nitrogens with two attached hydrogens (primary N) is 1. The number of ether oxygens (including phenoxy) is 4. The Kier molecular flexibility index (Phi) is 5.64. The quantitative estimate of drug-likeness (QED) is 0.654. The Morgan fingerprint density at radius 2 is 1.54 bits per heavy atom. The summed E-state index contributed by atoms with van der Waals surface area (Å²) in [7, 11) is 1.66. The molecule has 28 heavy (non-hydrogen) atoms. The molecule has 4 rings (SSSR count). The van der Waals surface area contributed by atoms with Crippen LogP contribution in [0.3, 0.4) is 0 Å². The van der Waals surface area contributed by atoms with Crippen LogP contribution in [-0.4, -0.2) is 13.9 Å². The molecule has 3 aromatic carbocycles. The van der Waals surface area contributed by atoms with E-state index in [1.165, 1.54) is 11.1 Å². The standard InChI is InChI=1S/C23H23NO4/c1-25-20-9-7-18(11-22(20)26-15-17-5-3-2-4-6-17)13-24-14-19-8-10-21-23(12-19)28-16-27-21/h2-12,24H,13-16H2,1H3/p+1. The molecule has 0 radical (unpaired) electrons. The lowest BCUT2D eigenvalue weighted by atomic mass is 10.1. The zero-order valence-corrected chi connectivity index (χ0v) is 15.9. The zero-order chi connectivity index (χ0) is 19.2. The second-order valence-corrected chi connectivity index (χ2v) is 6.64. The van der Waals surface area contributed by atoms with Crippen LogP contribution in [0.4, 0.5) is 0 Å². The minimum atomic E-state index is 0.306. The second kappa shape index (κ2) is 8.67. The minimum Gasteiger partial charge on any atom is -0.493 e. The van der Waals surface area contributed by atoms with Gasteiger partial charge in [0.1, 0.15) is 19.7 Å². The van der Waals surface area contributed by atoms with Gasteiger partial charge >= 0.3 is 0 Å². The fourth-order valence-corrected chi connectivity index (χ4v) is 3.17. The van der Waals surface area contributed by atoms with Gasteiger partial charge < -0.3 is 24.3 Å². The summed E-state index contributed by atoms with van der Waals surface area (Å²) in [5.41, 5.74) is 3.52. The minimum absolute atomic E-state index is 0.306. The van der Waals surface area contributed by atoms with Crippen LogP contribution in [0.25, 0.3) is 0 Å². The third-order valence-electron chi connectivity index (χ3n) is 4.66. The Hall–Kier alpha value is -3.18. The molecule has 5 nitrogen and oxygen atoms in total. The first-order valence-electron chi connectivity index (χ1n) is 9.35. The molecule has 1 aliphatic rings. The highest BCUT2D eigenvalue weighted by Gasteiger charge is 2.14. The molecule has 0 aliphatic carbocycles. The molecule has 1 aliphatic heterocycles. The van der Waals surface area contributed by atoms with Gasteiger partial charge in [-0.25, -0.2) is 0 Å². The Bertz CT molecular complexity index is 927. The van der Waals surface area contributed by atoms with Crippen LogP contribution in [0.2, 0.25) is 0 Å². The average molecular weight is 378 g/mol. The van der Waals surface area contributed by atoms with Crippen molar-refractivity contribution in [3.63, 3.8) is 0 Å². The fraction of sp³-hybridized carbons (Fsp3) is 0.217. The summed E-state index contributed by atoms with van der Waals surface area (Å²) in [6, 6.07) is 22.3. The van der Waals surface area contributed by atoms with E-state index in [0.29, 0.717) is 13.4 Å². The Labute approximate surface area is 164 Å². The predicted molar refractivity (Wildman–Crippen MR) is 106 cm³/mol. The molecule has 0 spiro atoms. The van der Waals surface area contributed by atoms with Gasteiger partial charge in [-0.3, -0.25) is 0 Å². The van der Waals surface area contributed by atoms with Crippen LogP contribution >= 0.6 is 0 Å². The topological polar surface area (TPSA) is 53.5 Å². The van der Waals surface area contributed by atoms with Crippen molar-refractivity contribution in [2.45, 2.75) is 19.7 Å². The van der Waals surface area contributed by atoms with Crippen LogP contribution in [0, 0.1) is 0 Å². The molecule has 0 amide bonds. The molecule has 1 heterocycles. The highest BCUT2D eigenvalue weighted by atomic mass is 16.7. The van der Waals surface area contributed by atoms with Crippen LogP contribution < -0.4 is 24.3 Å². The van der Waals surface area contributed by atoms with Gasteiger partial charge in [-0.1, -0.05) is 30.3 Å². The highest BCUT2D eigenvalue weighted by molar-refractivity contribution is 5.44. The number of fused-ring (bicyclic) bond motifs is 1. The fourth-order valence-electron chi connectivity index (χ4n) is 3.17. The van der Waals surface area contributed by atoms with Gasteiger partial charge in [0.2, 0.25) is 6.79 Å². The molecular weight excluding hydrogens is 354 g/mol. The van der Waals surface area contributed by atoms with Gasteiger partial charge in [-0.15, -0.1) is 0 Å². The molecule has 2 N–H and O–H groups in total. The van der Waals surface area contributed by atoms with E-state index < -0.39 is 0 Å². The molecule has 0 saturated carbocycles. The maximum absolute atomic E-state index is 6.00. The molecule has 0 aromatic heterocycles.